The van der Waals surface area contributed by atoms with E-state index in [2.05, 4.69) is 30.6 Å². The van der Waals surface area contributed by atoms with Gasteiger partial charge in [-0.2, -0.15) is 31.4 Å². The summed E-state index contributed by atoms with van der Waals surface area (Å²) in [6.07, 6.45) is -5.22. The van der Waals surface area contributed by atoms with Gasteiger partial charge >= 0.3 is 12.4 Å². The number of hydrogen-bond acceptors (Lipinski definition) is 7. The molecule has 0 unspecified atom stereocenters. The Kier molecular flexibility index (Phi) is 9.06. The summed E-state index contributed by atoms with van der Waals surface area (Å²) in [7, 11) is 3.54. The van der Waals surface area contributed by atoms with Crippen LogP contribution in [0.3, 0.4) is 0 Å². The number of aromatic nitrogens is 4. The normalized spacial score (nSPS) is 14.6. The number of amides is 1. The van der Waals surface area contributed by atoms with E-state index in [1.165, 1.54) is 42.7 Å². The van der Waals surface area contributed by atoms with E-state index >= 15 is 0 Å². The smallest absolute Gasteiger partial charge is 0.373 e. The number of rotatable bonds is 7. The maximum Gasteiger partial charge on any atom is 0.435 e. The second-order valence-electron chi connectivity index (χ2n) is 10.8. The Morgan fingerprint density at radius 1 is 0.891 bits per heavy atom. The van der Waals surface area contributed by atoms with Crippen molar-refractivity contribution < 1.29 is 31.1 Å². The van der Waals surface area contributed by atoms with Gasteiger partial charge in [0.25, 0.3) is 5.91 Å². The highest BCUT2D eigenvalue weighted by atomic mass is 19.4. The third-order valence-corrected chi connectivity index (χ3v) is 7.50. The van der Waals surface area contributed by atoms with Crippen molar-refractivity contribution in [1.82, 2.24) is 24.6 Å². The number of piperazine rings is 1. The van der Waals surface area contributed by atoms with E-state index in [9.17, 15) is 31.1 Å². The predicted octanol–water partition coefficient (Wildman–Crippen LogP) is 6.22. The topological polar surface area (TPSA) is 91.2 Å². The number of anilines is 3. The number of carbonyl (C=O) groups is 1. The Balaban J connectivity index is 1.43. The highest BCUT2D eigenvalue weighted by Crippen LogP contribution is 2.35. The Hall–Kier alpha value is -4.92. The maximum absolute atomic E-state index is 13.8. The van der Waals surface area contributed by atoms with Crippen molar-refractivity contribution in [2.75, 3.05) is 55.8 Å². The van der Waals surface area contributed by atoms with Crippen molar-refractivity contribution in [3.8, 4) is 5.82 Å². The average molecular weight is 645 g/mol. The highest BCUT2D eigenvalue weighted by Gasteiger charge is 2.35. The van der Waals surface area contributed by atoms with Crippen LogP contribution in [0.25, 0.3) is 18.0 Å². The molecule has 0 atom stereocenters. The average Bonchev–Trinajstić information content (AvgIpc) is 3.45. The second kappa shape index (κ2) is 12.8. The van der Waals surface area contributed by atoms with Crippen molar-refractivity contribution in [3.05, 3.63) is 88.5 Å². The van der Waals surface area contributed by atoms with Crippen LogP contribution in [0.4, 0.5) is 43.5 Å². The first-order valence-corrected chi connectivity index (χ1v) is 14.1. The van der Waals surface area contributed by atoms with Crippen molar-refractivity contribution in [2.45, 2.75) is 19.3 Å². The fourth-order valence-corrected chi connectivity index (χ4v) is 4.87. The molecule has 0 bridgehead atoms. The van der Waals surface area contributed by atoms with E-state index in [1.807, 2.05) is 11.9 Å². The van der Waals surface area contributed by atoms with Gasteiger partial charge in [0.1, 0.15) is 12.1 Å². The molecule has 0 spiro atoms. The number of carbonyl (C=O) groups excluding carboxylic acids is 1. The van der Waals surface area contributed by atoms with E-state index in [-0.39, 0.29) is 22.8 Å². The maximum atomic E-state index is 13.8. The van der Waals surface area contributed by atoms with Crippen LogP contribution in [-0.2, 0) is 12.4 Å². The van der Waals surface area contributed by atoms with E-state index < -0.39 is 29.5 Å². The molecule has 1 saturated heterocycles. The minimum atomic E-state index is -4.71. The summed E-state index contributed by atoms with van der Waals surface area (Å²) < 4.78 is 83.1. The predicted molar refractivity (Wildman–Crippen MR) is 163 cm³/mol. The third-order valence-electron chi connectivity index (χ3n) is 7.50. The van der Waals surface area contributed by atoms with Gasteiger partial charge in [-0.15, -0.1) is 0 Å². The summed E-state index contributed by atoms with van der Waals surface area (Å²) in [5, 5.41) is 9.07. The Morgan fingerprint density at radius 3 is 2.30 bits per heavy atom. The Labute approximate surface area is 260 Å². The first-order valence-electron chi connectivity index (χ1n) is 14.1. The molecular formula is C31H30F6N8O. The number of likely N-dealkylation sites (N-methyl/N-ethyl adjacent to an activating group) is 1. The van der Waals surface area contributed by atoms with Gasteiger partial charge < -0.3 is 20.4 Å². The van der Waals surface area contributed by atoms with Gasteiger partial charge in [-0.05, 0) is 67.6 Å². The molecule has 0 aliphatic carbocycles. The SMILES string of the molecule is CNc1cc(-n2nc(C(F)(F)F)cc2/C=C\c2cc(C(=O)Nc3cc(N4CCN(C)CC4)cc(C(F)(F)F)c3)ccc2C)ncn1. The zero-order valence-corrected chi connectivity index (χ0v) is 25.0. The number of benzene rings is 2. The third kappa shape index (κ3) is 7.47. The lowest BCUT2D eigenvalue weighted by atomic mass is 10.0. The minimum Gasteiger partial charge on any atom is -0.373 e. The number of halogens is 6. The molecular weight excluding hydrogens is 614 g/mol. The molecule has 1 aliphatic heterocycles. The molecule has 3 heterocycles. The molecule has 2 aromatic heterocycles. The van der Waals surface area contributed by atoms with Crippen LogP contribution in [0.1, 0.15) is 38.4 Å². The van der Waals surface area contributed by atoms with E-state index in [0.29, 0.717) is 48.8 Å². The number of alkyl halides is 6. The summed E-state index contributed by atoms with van der Waals surface area (Å²) >= 11 is 0. The van der Waals surface area contributed by atoms with Gasteiger partial charge in [-0.25, -0.2) is 14.6 Å². The molecule has 2 N–H and O–H groups in total. The van der Waals surface area contributed by atoms with Gasteiger partial charge in [-0.1, -0.05) is 12.1 Å². The molecule has 0 saturated carbocycles. The molecule has 1 fully saturated rings. The van der Waals surface area contributed by atoms with Gasteiger partial charge in [0.05, 0.1) is 11.3 Å². The highest BCUT2D eigenvalue weighted by molar-refractivity contribution is 6.05. The van der Waals surface area contributed by atoms with E-state index in [1.54, 1.807) is 20.0 Å². The van der Waals surface area contributed by atoms with Crippen LogP contribution in [-0.4, -0.2) is 70.8 Å². The summed E-state index contributed by atoms with van der Waals surface area (Å²) in [5.41, 5.74) is -0.274. The van der Waals surface area contributed by atoms with Crippen LogP contribution in [0, 0.1) is 6.92 Å². The van der Waals surface area contributed by atoms with Crippen molar-refractivity contribution >= 4 is 35.3 Å². The van der Waals surface area contributed by atoms with Gasteiger partial charge in [0, 0.05) is 56.2 Å². The Morgan fingerprint density at radius 2 is 1.63 bits per heavy atom. The van der Waals surface area contributed by atoms with Crippen molar-refractivity contribution in [2.24, 2.45) is 0 Å². The lowest BCUT2D eigenvalue weighted by molar-refractivity contribution is -0.141. The zero-order chi connectivity index (χ0) is 33.2. The summed E-state index contributed by atoms with van der Waals surface area (Å²) in [4.78, 5) is 25.2. The Bertz CT molecular complexity index is 1760. The molecule has 15 heteroatoms. The first-order chi connectivity index (χ1) is 21.7. The monoisotopic (exact) mass is 644 g/mol. The molecule has 0 radical (unpaired) electrons. The van der Waals surface area contributed by atoms with E-state index in [4.69, 9.17) is 0 Å². The second-order valence-corrected chi connectivity index (χ2v) is 10.8. The summed E-state index contributed by atoms with van der Waals surface area (Å²) in [6, 6.07) is 10.4. The van der Waals surface area contributed by atoms with E-state index in [0.717, 1.165) is 22.9 Å². The quantitative estimate of drug-likeness (QED) is 0.231. The molecule has 1 amide bonds. The molecule has 9 nitrogen and oxygen atoms in total. The number of hydrogen-bond donors (Lipinski definition) is 2. The molecule has 1 aliphatic rings. The molecule has 242 valence electrons. The van der Waals surface area contributed by atoms with Crippen LogP contribution in [0.5, 0.6) is 0 Å². The fourth-order valence-electron chi connectivity index (χ4n) is 4.87. The minimum absolute atomic E-state index is 0.0132. The zero-order valence-electron chi connectivity index (χ0n) is 25.0. The molecule has 5 rings (SSSR count). The van der Waals surface area contributed by atoms with Crippen LogP contribution >= 0.6 is 0 Å². The van der Waals surface area contributed by atoms with Crippen LogP contribution < -0.4 is 15.5 Å². The van der Waals surface area contributed by atoms with Crippen LogP contribution in [0.15, 0.2) is 54.9 Å². The molecule has 46 heavy (non-hydrogen) atoms. The first kappa shape index (κ1) is 32.5. The van der Waals surface area contributed by atoms with Crippen molar-refractivity contribution in [3.63, 3.8) is 0 Å². The lowest BCUT2D eigenvalue weighted by Crippen LogP contribution is -2.44. The summed E-state index contributed by atoms with van der Waals surface area (Å²) in [5.74, 6) is -0.186. The number of nitrogens with one attached hydrogen (secondary N) is 2. The molecule has 2 aromatic carbocycles. The largest absolute Gasteiger partial charge is 0.435 e. The fraction of sp³-hybridized carbons (Fsp3) is 0.290. The summed E-state index contributed by atoms with van der Waals surface area (Å²) in [6.45, 7) is 4.20. The number of aryl methyl sites for hydroxylation is 1. The molecule has 4 aromatic rings. The lowest BCUT2D eigenvalue weighted by Gasteiger charge is -2.34. The van der Waals surface area contributed by atoms with Crippen LogP contribution in [0.2, 0.25) is 0 Å². The standard InChI is InChI=1S/C31H30F6N8O/c1-19-4-5-21(29(46)41-23-13-22(30(32,33)34)14-25(15-23)44-10-8-43(3)9-11-44)12-20(19)6-7-24-16-26(31(35,36)37)42-45(24)28-17-27(38-2)39-18-40-28/h4-7,12-18H,8-11H2,1-3H3,(H,41,46)(H,38,39,40)/b7-6-. The van der Waals surface area contributed by atoms with Gasteiger partial charge in [0.15, 0.2) is 11.5 Å². The van der Waals surface area contributed by atoms with Gasteiger partial charge in [-0.3, -0.25) is 4.79 Å². The van der Waals surface area contributed by atoms with Crippen molar-refractivity contribution in [1.29, 1.82) is 0 Å². The van der Waals surface area contributed by atoms with Gasteiger partial charge in [0.2, 0.25) is 0 Å². The number of nitrogens with zero attached hydrogens (tertiary/aromatic N) is 6.